The number of nitrogens with zero attached hydrogens (tertiary/aromatic N) is 1. The Morgan fingerprint density at radius 3 is 3.12 bits per heavy atom. The highest BCUT2D eigenvalue weighted by molar-refractivity contribution is 7.09. The van der Waals surface area contributed by atoms with Gasteiger partial charge in [-0.15, -0.1) is 11.3 Å². The summed E-state index contributed by atoms with van der Waals surface area (Å²) in [7, 11) is 0. The first-order chi connectivity index (χ1) is 7.77. The molecule has 2 N–H and O–H groups in total. The fourth-order valence-electron chi connectivity index (χ4n) is 1.42. The summed E-state index contributed by atoms with van der Waals surface area (Å²) in [5.41, 5.74) is 3.48. The molecule has 16 heavy (non-hydrogen) atoms. The third-order valence-corrected chi connectivity index (χ3v) is 3.32. The Morgan fingerprint density at radius 1 is 1.62 bits per heavy atom. The fraction of sp³-hybridized carbons (Fsp3) is 0.273. The van der Waals surface area contributed by atoms with Crippen molar-refractivity contribution in [3.8, 4) is 0 Å². The van der Waals surface area contributed by atoms with E-state index in [-0.39, 0.29) is 5.91 Å². The first kappa shape index (κ1) is 10.9. The summed E-state index contributed by atoms with van der Waals surface area (Å²) in [6.07, 6.45) is 2.57. The summed E-state index contributed by atoms with van der Waals surface area (Å²) in [6.45, 7) is 2.62. The lowest BCUT2D eigenvalue weighted by molar-refractivity contribution is 0.0950. The number of hydrogen-bond donors (Lipinski definition) is 2. The molecule has 1 amide bonds. The SMILES string of the molecule is Cc1ncsc1CCNC(=O)c1ccc[nH]1. The summed E-state index contributed by atoms with van der Waals surface area (Å²) in [6, 6.07) is 3.57. The lowest BCUT2D eigenvalue weighted by Crippen LogP contribution is -2.25. The average molecular weight is 235 g/mol. The molecule has 0 aliphatic rings. The third-order valence-electron chi connectivity index (χ3n) is 2.33. The molecule has 0 unspecified atom stereocenters. The summed E-state index contributed by atoms with van der Waals surface area (Å²) in [5, 5.41) is 2.86. The van der Waals surface area contributed by atoms with Crippen LogP contribution >= 0.6 is 11.3 Å². The van der Waals surface area contributed by atoms with Crippen molar-refractivity contribution in [1.29, 1.82) is 0 Å². The number of amides is 1. The summed E-state index contributed by atoms with van der Waals surface area (Å²) >= 11 is 1.63. The van der Waals surface area contributed by atoms with Crippen LogP contribution in [0.1, 0.15) is 21.1 Å². The van der Waals surface area contributed by atoms with Crippen LogP contribution < -0.4 is 5.32 Å². The van der Waals surface area contributed by atoms with Gasteiger partial charge in [-0.1, -0.05) is 0 Å². The molecule has 0 aliphatic heterocycles. The number of carbonyl (C=O) groups excluding carboxylic acids is 1. The molecule has 84 valence electrons. The minimum Gasteiger partial charge on any atom is -0.357 e. The van der Waals surface area contributed by atoms with E-state index in [9.17, 15) is 4.79 Å². The smallest absolute Gasteiger partial charge is 0.267 e. The molecule has 2 aromatic heterocycles. The van der Waals surface area contributed by atoms with Crippen molar-refractivity contribution in [3.63, 3.8) is 0 Å². The molecular formula is C11H13N3OS. The first-order valence-electron chi connectivity index (χ1n) is 5.08. The topological polar surface area (TPSA) is 57.8 Å². The molecule has 0 atom stereocenters. The number of hydrogen-bond acceptors (Lipinski definition) is 3. The fourth-order valence-corrected chi connectivity index (χ4v) is 2.20. The van der Waals surface area contributed by atoms with Gasteiger partial charge in [-0.25, -0.2) is 4.98 Å². The monoisotopic (exact) mass is 235 g/mol. The molecule has 0 saturated carbocycles. The second kappa shape index (κ2) is 4.94. The molecular weight excluding hydrogens is 222 g/mol. The second-order valence-electron chi connectivity index (χ2n) is 3.45. The van der Waals surface area contributed by atoms with E-state index in [4.69, 9.17) is 0 Å². The van der Waals surface area contributed by atoms with Crippen LogP contribution in [0.4, 0.5) is 0 Å². The molecule has 0 saturated heterocycles. The van der Waals surface area contributed by atoms with Gasteiger partial charge in [-0.3, -0.25) is 4.79 Å². The second-order valence-corrected chi connectivity index (χ2v) is 4.39. The maximum Gasteiger partial charge on any atom is 0.267 e. The molecule has 0 spiro atoms. The van der Waals surface area contributed by atoms with Crippen molar-refractivity contribution >= 4 is 17.2 Å². The summed E-state index contributed by atoms with van der Waals surface area (Å²) in [4.78, 5) is 19.8. The van der Waals surface area contributed by atoms with E-state index in [0.717, 1.165) is 12.1 Å². The van der Waals surface area contributed by atoms with E-state index in [0.29, 0.717) is 12.2 Å². The zero-order valence-corrected chi connectivity index (χ0v) is 9.80. The van der Waals surface area contributed by atoms with Crippen molar-refractivity contribution in [2.75, 3.05) is 6.54 Å². The molecule has 0 radical (unpaired) electrons. The Hall–Kier alpha value is -1.62. The largest absolute Gasteiger partial charge is 0.357 e. The van der Waals surface area contributed by atoms with Gasteiger partial charge in [0.15, 0.2) is 0 Å². The number of H-pyrrole nitrogens is 1. The number of thiazole rings is 1. The normalized spacial score (nSPS) is 10.3. The molecule has 4 nitrogen and oxygen atoms in total. The minimum absolute atomic E-state index is 0.0628. The van der Waals surface area contributed by atoms with Gasteiger partial charge in [0.2, 0.25) is 0 Å². The number of aromatic nitrogens is 2. The van der Waals surface area contributed by atoms with E-state index in [1.807, 2.05) is 18.5 Å². The number of aryl methyl sites for hydroxylation is 1. The van der Waals surface area contributed by atoms with Gasteiger partial charge in [0, 0.05) is 24.0 Å². The Bertz CT molecular complexity index is 461. The summed E-state index contributed by atoms with van der Waals surface area (Å²) < 4.78 is 0. The van der Waals surface area contributed by atoms with E-state index in [1.165, 1.54) is 4.88 Å². The Labute approximate surface area is 97.7 Å². The minimum atomic E-state index is -0.0628. The molecule has 0 aromatic carbocycles. The zero-order valence-electron chi connectivity index (χ0n) is 8.99. The van der Waals surface area contributed by atoms with Gasteiger partial charge in [0.05, 0.1) is 11.2 Å². The highest BCUT2D eigenvalue weighted by Gasteiger charge is 2.06. The maximum atomic E-state index is 11.6. The lowest BCUT2D eigenvalue weighted by Gasteiger charge is -2.02. The van der Waals surface area contributed by atoms with Crippen molar-refractivity contribution < 1.29 is 4.79 Å². The van der Waals surface area contributed by atoms with Crippen molar-refractivity contribution in [1.82, 2.24) is 15.3 Å². The van der Waals surface area contributed by atoms with Crippen LogP contribution in [0.15, 0.2) is 23.8 Å². The molecule has 2 aromatic rings. The van der Waals surface area contributed by atoms with E-state index in [2.05, 4.69) is 15.3 Å². The number of aromatic amines is 1. The van der Waals surface area contributed by atoms with Crippen LogP contribution in [-0.2, 0) is 6.42 Å². The maximum absolute atomic E-state index is 11.6. The van der Waals surface area contributed by atoms with Crippen LogP contribution in [-0.4, -0.2) is 22.4 Å². The standard InChI is InChI=1S/C11H13N3OS/c1-8-10(16-7-14-8)4-6-13-11(15)9-3-2-5-12-9/h2-3,5,7,12H,4,6H2,1H3,(H,13,15). The number of rotatable bonds is 4. The van der Waals surface area contributed by atoms with Gasteiger partial charge in [-0.2, -0.15) is 0 Å². The quantitative estimate of drug-likeness (QED) is 0.848. The Morgan fingerprint density at radius 2 is 2.50 bits per heavy atom. The molecule has 0 fully saturated rings. The predicted octanol–water partition coefficient (Wildman–Crippen LogP) is 1.75. The van der Waals surface area contributed by atoms with Crippen molar-refractivity contribution in [2.24, 2.45) is 0 Å². The highest BCUT2D eigenvalue weighted by Crippen LogP contribution is 2.11. The van der Waals surface area contributed by atoms with Crippen LogP contribution in [0, 0.1) is 6.92 Å². The van der Waals surface area contributed by atoms with E-state index >= 15 is 0 Å². The first-order valence-corrected chi connectivity index (χ1v) is 5.96. The van der Waals surface area contributed by atoms with Gasteiger partial charge < -0.3 is 10.3 Å². The average Bonchev–Trinajstić information content (AvgIpc) is 2.90. The van der Waals surface area contributed by atoms with Crippen LogP contribution in [0.2, 0.25) is 0 Å². The molecule has 0 bridgehead atoms. The number of carbonyl (C=O) groups is 1. The van der Waals surface area contributed by atoms with Crippen LogP contribution in [0.25, 0.3) is 0 Å². The van der Waals surface area contributed by atoms with Gasteiger partial charge >= 0.3 is 0 Å². The van der Waals surface area contributed by atoms with Gasteiger partial charge in [0.1, 0.15) is 5.69 Å². The van der Waals surface area contributed by atoms with Gasteiger partial charge in [-0.05, 0) is 19.1 Å². The molecule has 2 rings (SSSR count). The van der Waals surface area contributed by atoms with Crippen molar-refractivity contribution in [3.05, 3.63) is 40.1 Å². The number of nitrogens with one attached hydrogen (secondary N) is 2. The van der Waals surface area contributed by atoms with E-state index in [1.54, 1.807) is 23.6 Å². The van der Waals surface area contributed by atoms with Gasteiger partial charge in [0.25, 0.3) is 5.91 Å². The van der Waals surface area contributed by atoms with Crippen molar-refractivity contribution in [2.45, 2.75) is 13.3 Å². The lowest BCUT2D eigenvalue weighted by atomic mass is 10.3. The molecule has 2 heterocycles. The molecule has 5 heteroatoms. The molecule has 0 aliphatic carbocycles. The Kier molecular flexibility index (Phi) is 3.36. The Balaban J connectivity index is 1.81. The van der Waals surface area contributed by atoms with Crippen LogP contribution in [0.5, 0.6) is 0 Å². The van der Waals surface area contributed by atoms with E-state index < -0.39 is 0 Å². The van der Waals surface area contributed by atoms with Crippen LogP contribution in [0.3, 0.4) is 0 Å². The highest BCUT2D eigenvalue weighted by atomic mass is 32.1. The predicted molar refractivity (Wildman–Crippen MR) is 63.7 cm³/mol. The zero-order chi connectivity index (χ0) is 11.4. The summed E-state index contributed by atoms with van der Waals surface area (Å²) in [5.74, 6) is -0.0628. The third kappa shape index (κ3) is 2.49.